The van der Waals surface area contributed by atoms with Crippen molar-refractivity contribution in [3.63, 3.8) is 0 Å². The van der Waals surface area contributed by atoms with Crippen molar-refractivity contribution in [2.24, 2.45) is 0 Å². The lowest BCUT2D eigenvalue weighted by Gasteiger charge is -2.20. The first-order valence-corrected chi connectivity index (χ1v) is 7.29. The Morgan fingerprint density at radius 3 is 2.43 bits per heavy atom. The van der Waals surface area contributed by atoms with Crippen LogP contribution in [0.4, 0.5) is 0 Å². The second-order valence-corrected chi connectivity index (χ2v) is 5.75. The van der Waals surface area contributed by atoms with Gasteiger partial charge in [-0.15, -0.1) is 0 Å². The zero-order valence-corrected chi connectivity index (χ0v) is 12.9. The lowest BCUT2D eigenvalue weighted by Crippen LogP contribution is -2.22. The van der Waals surface area contributed by atoms with Crippen LogP contribution in [0.5, 0.6) is 0 Å². The Kier molecular flexibility index (Phi) is 4.16. The number of carbonyl (C=O) groups is 1. The molecule has 0 spiro atoms. The van der Waals surface area contributed by atoms with E-state index in [0.717, 1.165) is 22.9 Å². The highest BCUT2D eigenvalue weighted by Crippen LogP contribution is 2.29. The van der Waals surface area contributed by atoms with Gasteiger partial charge in [0.1, 0.15) is 0 Å². The van der Waals surface area contributed by atoms with Crippen LogP contribution in [0.1, 0.15) is 62.0 Å². The van der Waals surface area contributed by atoms with Crippen molar-refractivity contribution in [1.82, 2.24) is 4.57 Å². The molecule has 1 aromatic heterocycles. The SMILES string of the molecule is CCC(C)c1cc(C(=O)O)cc2ccc(=O)n(C(C)C)c12. The first-order chi connectivity index (χ1) is 9.86. The van der Waals surface area contributed by atoms with E-state index < -0.39 is 5.97 Å². The van der Waals surface area contributed by atoms with E-state index in [1.807, 2.05) is 13.8 Å². The summed E-state index contributed by atoms with van der Waals surface area (Å²) in [6.07, 6.45) is 0.888. The van der Waals surface area contributed by atoms with Gasteiger partial charge in [0.2, 0.25) is 0 Å². The molecule has 1 unspecified atom stereocenters. The molecule has 0 saturated heterocycles. The summed E-state index contributed by atoms with van der Waals surface area (Å²) in [7, 11) is 0. The Morgan fingerprint density at radius 1 is 1.24 bits per heavy atom. The second kappa shape index (κ2) is 5.72. The highest BCUT2D eigenvalue weighted by molar-refractivity contribution is 5.95. The lowest BCUT2D eigenvalue weighted by molar-refractivity contribution is 0.0697. The molecule has 2 rings (SSSR count). The number of fused-ring (bicyclic) bond motifs is 1. The Labute approximate surface area is 124 Å². The van der Waals surface area contributed by atoms with Gasteiger partial charge in [-0.3, -0.25) is 4.79 Å². The van der Waals surface area contributed by atoms with Crippen LogP contribution in [0.2, 0.25) is 0 Å². The summed E-state index contributed by atoms with van der Waals surface area (Å²) in [5.41, 5.74) is 2.01. The topological polar surface area (TPSA) is 59.3 Å². The summed E-state index contributed by atoms with van der Waals surface area (Å²) in [4.78, 5) is 23.5. The van der Waals surface area contributed by atoms with E-state index in [1.54, 1.807) is 22.8 Å². The van der Waals surface area contributed by atoms with Crippen LogP contribution in [-0.2, 0) is 0 Å². The van der Waals surface area contributed by atoms with Crippen molar-refractivity contribution >= 4 is 16.9 Å². The number of carboxylic acids is 1. The standard InChI is InChI=1S/C17H21NO3/c1-5-11(4)14-9-13(17(20)21)8-12-6-7-15(19)18(10(2)3)16(12)14/h6-11H,5H2,1-4H3,(H,20,21). The average molecular weight is 287 g/mol. The van der Waals surface area contributed by atoms with Crippen molar-refractivity contribution in [1.29, 1.82) is 0 Å². The molecule has 2 aromatic rings. The molecule has 0 bridgehead atoms. The molecule has 4 heteroatoms. The summed E-state index contributed by atoms with van der Waals surface area (Å²) in [6.45, 7) is 8.05. The molecule has 1 N–H and O–H groups in total. The maximum atomic E-state index is 12.2. The number of aromatic carboxylic acids is 1. The third kappa shape index (κ3) is 2.71. The minimum Gasteiger partial charge on any atom is -0.478 e. The zero-order valence-electron chi connectivity index (χ0n) is 12.9. The highest BCUT2D eigenvalue weighted by Gasteiger charge is 2.17. The number of carboxylic acid groups (broad SMARTS) is 1. The van der Waals surface area contributed by atoms with E-state index in [1.165, 1.54) is 6.07 Å². The molecule has 21 heavy (non-hydrogen) atoms. The van der Waals surface area contributed by atoms with Gasteiger partial charge in [-0.05, 0) is 55.3 Å². The number of hydrogen-bond acceptors (Lipinski definition) is 2. The fourth-order valence-electron chi connectivity index (χ4n) is 2.67. The average Bonchev–Trinajstić information content (AvgIpc) is 2.44. The molecule has 1 heterocycles. The van der Waals surface area contributed by atoms with Gasteiger partial charge in [0.25, 0.3) is 5.56 Å². The van der Waals surface area contributed by atoms with Gasteiger partial charge < -0.3 is 9.67 Å². The quantitative estimate of drug-likeness (QED) is 0.930. The van der Waals surface area contributed by atoms with E-state index in [-0.39, 0.29) is 23.1 Å². The fraction of sp³-hybridized carbons (Fsp3) is 0.412. The van der Waals surface area contributed by atoms with Gasteiger partial charge in [0, 0.05) is 12.1 Å². The lowest BCUT2D eigenvalue weighted by atomic mass is 9.93. The smallest absolute Gasteiger partial charge is 0.335 e. The number of aromatic nitrogens is 1. The molecule has 1 aromatic carbocycles. The molecule has 1 atom stereocenters. The van der Waals surface area contributed by atoms with Crippen LogP contribution in [-0.4, -0.2) is 15.6 Å². The van der Waals surface area contributed by atoms with Crippen LogP contribution < -0.4 is 5.56 Å². The van der Waals surface area contributed by atoms with Gasteiger partial charge in [-0.2, -0.15) is 0 Å². The van der Waals surface area contributed by atoms with E-state index >= 15 is 0 Å². The Hall–Kier alpha value is -2.10. The molecular formula is C17H21NO3. The van der Waals surface area contributed by atoms with Crippen LogP contribution in [0.3, 0.4) is 0 Å². The predicted octanol–water partition coefficient (Wildman–Crippen LogP) is 3.79. The summed E-state index contributed by atoms with van der Waals surface area (Å²) >= 11 is 0. The van der Waals surface area contributed by atoms with E-state index in [0.29, 0.717) is 0 Å². The van der Waals surface area contributed by atoms with Crippen LogP contribution in [0, 0.1) is 0 Å². The second-order valence-electron chi connectivity index (χ2n) is 5.75. The molecule has 0 aliphatic heterocycles. The maximum absolute atomic E-state index is 12.2. The molecule has 0 aliphatic rings. The molecule has 112 valence electrons. The highest BCUT2D eigenvalue weighted by atomic mass is 16.4. The van der Waals surface area contributed by atoms with Crippen molar-refractivity contribution < 1.29 is 9.90 Å². The summed E-state index contributed by atoms with van der Waals surface area (Å²) in [5, 5.41) is 10.1. The molecule has 0 saturated carbocycles. The molecule has 0 radical (unpaired) electrons. The van der Waals surface area contributed by atoms with Gasteiger partial charge in [-0.1, -0.05) is 13.8 Å². The number of rotatable bonds is 4. The van der Waals surface area contributed by atoms with E-state index in [2.05, 4.69) is 13.8 Å². The Morgan fingerprint density at radius 2 is 1.90 bits per heavy atom. The molecule has 0 amide bonds. The predicted molar refractivity (Wildman–Crippen MR) is 84.3 cm³/mol. The third-order valence-electron chi connectivity index (χ3n) is 3.96. The van der Waals surface area contributed by atoms with E-state index in [4.69, 9.17) is 0 Å². The maximum Gasteiger partial charge on any atom is 0.335 e. The van der Waals surface area contributed by atoms with Crippen molar-refractivity contribution in [3.8, 4) is 0 Å². The number of nitrogens with zero attached hydrogens (tertiary/aromatic N) is 1. The first kappa shape index (κ1) is 15.3. The number of hydrogen-bond donors (Lipinski definition) is 1. The fourth-order valence-corrected chi connectivity index (χ4v) is 2.67. The van der Waals surface area contributed by atoms with Gasteiger partial charge >= 0.3 is 5.97 Å². The molecular weight excluding hydrogens is 266 g/mol. The Balaban J connectivity index is 2.96. The summed E-state index contributed by atoms with van der Waals surface area (Å²) in [6, 6.07) is 6.60. The van der Waals surface area contributed by atoms with Gasteiger partial charge in [0.15, 0.2) is 0 Å². The number of benzene rings is 1. The number of pyridine rings is 1. The minimum absolute atomic E-state index is 0.0275. The van der Waals surface area contributed by atoms with Crippen molar-refractivity contribution in [2.75, 3.05) is 0 Å². The largest absolute Gasteiger partial charge is 0.478 e. The molecule has 0 fully saturated rings. The van der Waals surface area contributed by atoms with Gasteiger partial charge in [0.05, 0.1) is 11.1 Å². The molecule has 0 aliphatic carbocycles. The first-order valence-electron chi connectivity index (χ1n) is 7.29. The Bertz CT molecular complexity index is 744. The minimum atomic E-state index is -0.941. The van der Waals surface area contributed by atoms with Gasteiger partial charge in [-0.25, -0.2) is 4.79 Å². The monoisotopic (exact) mass is 287 g/mol. The zero-order chi connectivity index (χ0) is 15.7. The van der Waals surface area contributed by atoms with Crippen molar-refractivity contribution in [3.05, 3.63) is 45.7 Å². The van der Waals surface area contributed by atoms with E-state index in [9.17, 15) is 14.7 Å². The third-order valence-corrected chi connectivity index (χ3v) is 3.96. The summed E-state index contributed by atoms with van der Waals surface area (Å²) in [5.74, 6) is -0.748. The van der Waals surface area contributed by atoms with Crippen LogP contribution >= 0.6 is 0 Å². The summed E-state index contributed by atoms with van der Waals surface area (Å²) < 4.78 is 1.75. The van der Waals surface area contributed by atoms with Crippen LogP contribution in [0.25, 0.3) is 10.9 Å². The normalized spacial score (nSPS) is 12.8. The van der Waals surface area contributed by atoms with Crippen molar-refractivity contribution in [2.45, 2.75) is 46.1 Å². The molecule has 4 nitrogen and oxygen atoms in total. The van der Waals surface area contributed by atoms with Crippen LogP contribution in [0.15, 0.2) is 29.1 Å².